The van der Waals surface area contributed by atoms with Gasteiger partial charge in [-0.15, -0.1) is 11.3 Å². The molecule has 1 aliphatic rings. The van der Waals surface area contributed by atoms with Crippen molar-refractivity contribution in [2.24, 2.45) is 0 Å². The highest BCUT2D eigenvalue weighted by Gasteiger charge is 2.31. The second-order valence-corrected chi connectivity index (χ2v) is 9.09. The van der Waals surface area contributed by atoms with Crippen molar-refractivity contribution >= 4 is 43.3 Å². The molecule has 0 amide bonds. The normalized spacial score (nSPS) is 18.3. The van der Waals surface area contributed by atoms with Gasteiger partial charge in [0.2, 0.25) is 10.0 Å². The first-order valence-electron chi connectivity index (χ1n) is 6.01. The number of hydrogen-bond donors (Lipinski definition) is 1. The number of aryl methyl sites for hydroxylation is 1. The van der Waals surface area contributed by atoms with Crippen molar-refractivity contribution in [3.63, 3.8) is 0 Å². The van der Waals surface area contributed by atoms with Gasteiger partial charge in [-0.3, -0.25) is 9.69 Å². The standard InChI is InChI=1S/C11H15BrN2O4S2/c1-8-9(6-10(12)19-8)20(17,18)14-4-2-13(3-5-14)7-11(15)16/h6H,2-5,7H2,1H3,(H,15,16). The molecule has 1 fully saturated rings. The van der Waals surface area contributed by atoms with E-state index >= 15 is 0 Å². The minimum absolute atomic E-state index is 0.0447. The van der Waals surface area contributed by atoms with Crippen LogP contribution in [0.2, 0.25) is 0 Å². The fourth-order valence-corrected chi connectivity index (χ4v) is 5.95. The fraction of sp³-hybridized carbons (Fsp3) is 0.545. The first-order valence-corrected chi connectivity index (χ1v) is 9.06. The van der Waals surface area contributed by atoms with Gasteiger partial charge in [-0.25, -0.2) is 8.42 Å². The monoisotopic (exact) mass is 382 g/mol. The molecule has 20 heavy (non-hydrogen) atoms. The minimum Gasteiger partial charge on any atom is -0.480 e. The first-order chi connectivity index (χ1) is 9.30. The third kappa shape index (κ3) is 3.40. The molecule has 6 nitrogen and oxygen atoms in total. The van der Waals surface area contributed by atoms with Gasteiger partial charge in [0.25, 0.3) is 0 Å². The number of nitrogens with zero attached hydrogens (tertiary/aromatic N) is 2. The molecule has 9 heteroatoms. The number of thiophene rings is 1. The molecule has 2 heterocycles. The molecule has 1 N–H and O–H groups in total. The van der Waals surface area contributed by atoms with Crippen LogP contribution in [0.3, 0.4) is 0 Å². The molecule has 0 bridgehead atoms. The summed E-state index contributed by atoms with van der Waals surface area (Å²) in [7, 11) is -3.48. The maximum Gasteiger partial charge on any atom is 0.317 e. The summed E-state index contributed by atoms with van der Waals surface area (Å²) in [4.78, 5) is 13.5. The summed E-state index contributed by atoms with van der Waals surface area (Å²) in [5.74, 6) is -0.890. The van der Waals surface area contributed by atoms with E-state index in [2.05, 4.69) is 15.9 Å². The lowest BCUT2D eigenvalue weighted by Gasteiger charge is -2.32. The summed E-state index contributed by atoms with van der Waals surface area (Å²) in [6.07, 6.45) is 0. The Morgan fingerprint density at radius 2 is 2.00 bits per heavy atom. The summed E-state index contributed by atoms with van der Waals surface area (Å²) in [6.45, 7) is 3.26. The molecule has 0 spiro atoms. The topological polar surface area (TPSA) is 77.9 Å². The summed E-state index contributed by atoms with van der Waals surface area (Å²) in [5, 5.41) is 8.73. The maximum atomic E-state index is 12.5. The van der Waals surface area contributed by atoms with E-state index in [0.29, 0.717) is 31.1 Å². The van der Waals surface area contributed by atoms with E-state index in [1.807, 2.05) is 0 Å². The van der Waals surface area contributed by atoms with Gasteiger partial charge in [0.1, 0.15) is 0 Å². The van der Waals surface area contributed by atoms with Crippen LogP contribution in [0.25, 0.3) is 0 Å². The molecule has 1 aliphatic heterocycles. The van der Waals surface area contributed by atoms with E-state index in [1.165, 1.54) is 15.6 Å². The lowest BCUT2D eigenvalue weighted by atomic mass is 10.3. The van der Waals surface area contributed by atoms with E-state index in [0.717, 1.165) is 8.66 Å². The highest BCUT2D eigenvalue weighted by atomic mass is 79.9. The van der Waals surface area contributed by atoms with Crippen LogP contribution in [-0.2, 0) is 14.8 Å². The van der Waals surface area contributed by atoms with E-state index < -0.39 is 16.0 Å². The molecule has 0 atom stereocenters. The molecule has 0 radical (unpaired) electrons. The Kier molecular flexibility index (Phi) is 4.85. The fourth-order valence-electron chi connectivity index (χ4n) is 2.15. The zero-order chi connectivity index (χ0) is 14.9. The molecule has 0 unspecified atom stereocenters. The van der Waals surface area contributed by atoms with Gasteiger partial charge in [0.15, 0.2) is 0 Å². The van der Waals surface area contributed by atoms with Crippen LogP contribution in [0.15, 0.2) is 14.7 Å². The van der Waals surface area contributed by atoms with Crippen molar-refractivity contribution in [2.75, 3.05) is 32.7 Å². The van der Waals surface area contributed by atoms with Gasteiger partial charge in [-0.1, -0.05) is 0 Å². The largest absolute Gasteiger partial charge is 0.480 e. The van der Waals surface area contributed by atoms with E-state index in [4.69, 9.17) is 5.11 Å². The molecular formula is C11H15BrN2O4S2. The second-order valence-electron chi connectivity index (χ2n) is 4.54. The van der Waals surface area contributed by atoms with Crippen molar-refractivity contribution in [1.82, 2.24) is 9.21 Å². The zero-order valence-electron chi connectivity index (χ0n) is 10.9. The average molecular weight is 383 g/mol. The molecule has 0 saturated carbocycles. The highest BCUT2D eigenvalue weighted by molar-refractivity contribution is 9.11. The van der Waals surface area contributed by atoms with Crippen molar-refractivity contribution in [3.05, 3.63) is 14.7 Å². The Balaban J connectivity index is 2.10. The van der Waals surface area contributed by atoms with Crippen LogP contribution in [0.4, 0.5) is 0 Å². The van der Waals surface area contributed by atoms with E-state index in [9.17, 15) is 13.2 Å². The quantitative estimate of drug-likeness (QED) is 0.846. The molecular weight excluding hydrogens is 368 g/mol. The number of hydrogen-bond acceptors (Lipinski definition) is 5. The van der Waals surface area contributed by atoms with E-state index in [1.54, 1.807) is 17.9 Å². The Morgan fingerprint density at radius 3 is 2.45 bits per heavy atom. The summed E-state index contributed by atoms with van der Waals surface area (Å²) >= 11 is 4.69. The van der Waals surface area contributed by atoms with Gasteiger partial charge in [0.05, 0.1) is 15.2 Å². The summed E-state index contributed by atoms with van der Waals surface area (Å²) in [5.41, 5.74) is 0. The Labute approximate surface area is 130 Å². The predicted octanol–water partition coefficient (Wildman–Crippen LogP) is 1.21. The molecule has 112 valence electrons. The van der Waals surface area contributed by atoms with Crippen LogP contribution >= 0.6 is 27.3 Å². The molecule has 1 aromatic heterocycles. The van der Waals surface area contributed by atoms with Crippen molar-refractivity contribution in [1.29, 1.82) is 0 Å². The van der Waals surface area contributed by atoms with Gasteiger partial charge < -0.3 is 5.11 Å². The third-order valence-corrected chi connectivity index (χ3v) is 6.86. The van der Waals surface area contributed by atoms with Crippen molar-refractivity contribution in [3.8, 4) is 0 Å². The molecule has 1 saturated heterocycles. The predicted molar refractivity (Wildman–Crippen MR) is 79.6 cm³/mol. The number of sulfonamides is 1. The van der Waals surface area contributed by atoms with Gasteiger partial charge in [0, 0.05) is 31.1 Å². The minimum atomic E-state index is -3.48. The number of carbonyl (C=O) groups is 1. The highest BCUT2D eigenvalue weighted by Crippen LogP contribution is 2.31. The van der Waals surface area contributed by atoms with Crippen molar-refractivity contribution in [2.45, 2.75) is 11.8 Å². The second kappa shape index (κ2) is 6.10. The molecule has 2 rings (SSSR count). The average Bonchev–Trinajstić information content (AvgIpc) is 2.69. The van der Waals surface area contributed by atoms with Crippen molar-refractivity contribution < 1.29 is 18.3 Å². The maximum absolute atomic E-state index is 12.5. The molecule has 0 aromatic carbocycles. The van der Waals surface area contributed by atoms with Gasteiger partial charge in [-0.2, -0.15) is 4.31 Å². The smallest absolute Gasteiger partial charge is 0.317 e. The molecule has 1 aromatic rings. The number of halogens is 1. The Hall–Kier alpha value is -0.480. The van der Waals surface area contributed by atoms with Gasteiger partial charge in [-0.05, 0) is 28.9 Å². The van der Waals surface area contributed by atoms with Crippen LogP contribution < -0.4 is 0 Å². The van der Waals surface area contributed by atoms with E-state index in [-0.39, 0.29) is 6.54 Å². The number of rotatable bonds is 4. The van der Waals surface area contributed by atoms with Crippen LogP contribution in [0.1, 0.15) is 4.88 Å². The summed E-state index contributed by atoms with van der Waals surface area (Å²) < 4.78 is 27.3. The Bertz CT molecular complexity index is 606. The SMILES string of the molecule is Cc1sc(Br)cc1S(=O)(=O)N1CCN(CC(=O)O)CC1. The number of carboxylic acid groups (broad SMARTS) is 1. The number of aliphatic carboxylic acids is 1. The Morgan fingerprint density at radius 1 is 1.40 bits per heavy atom. The first kappa shape index (κ1) is 15.9. The number of piperazine rings is 1. The lowest BCUT2D eigenvalue weighted by Crippen LogP contribution is -2.49. The van der Waals surface area contributed by atoms with Gasteiger partial charge >= 0.3 is 5.97 Å². The number of carboxylic acids is 1. The molecule has 0 aliphatic carbocycles. The van der Waals surface area contributed by atoms with Crippen LogP contribution in [0, 0.1) is 6.92 Å². The summed E-state index contributed by atoms with van der Waals surface area (Å²) in [6, 6.07) is 1.62. The third-order valence-electron chi connectivity index (χ3n) is 3.15. The zero-order valence-corrected chi connectivity index (χ0v) is 14.1. The van der Waals surface area contributed by atoms with Crippen LogP contribution in [0.5, 0.6) is 0 Å². The van der Waals surface area contributed by atoms with Crippen LogP contribution in [-0.4, -0.2) is 61.4 Å². The lowest BCUT2D eigenvalue weighted by molar-refractivity contribution is -0.138.